The smallest absolute Gasteiger partial charge is 0.237 e. The van der Waals surface area contributed by atoms with E-state index in [1.165, 1.54) is 11.8 Å². The van der Waals surface area contributed by atoms with Crippen LogP contribution in [0.25, 0.3) is 22.8 Å². The molecule has 0 bridgehead atoms. The summed E-state index contributed by atoms with van der Waals surface area (Å²) in [6.45, 7) is 7.06. The summed E-state index contributed by atoms with van der Waals surface area (Å²) in [5.74, 6) is 2.09. The highest BCUT2D eigenvalue weighted by Gasteiger charge is 2.24. The Bertz CT molecular complexity index is 1510. The lowest BCUT2D eigenvalue weighted by atomic mass is 10.2. The first-order chi connectivity index (χ1) is 21.9. The number of methoxy groups -OCH3 is 3. The first kappa shape index (κ1) is 33.1. The van der Waals surface area contributed by atoms with Crippen molar-refractivity contribution in [1.82, 2.24) is 29.9 Å². The zero-order chi connectivity index (χ0) is 32.2. The fraction of sp³-hybridized carbons (Fsp3) is 0.387. The molecule has 0 saturated carbocycles. The van der Waals surface area contributed by atoms with Gasteiger partial charge in [0.25, 0.3) is 0 Å². The van der Waals surface area contributed by atoms with Gasteiger partial charge in [-0.05, 0) is 13.8 Å². The molecular formula is C31H40N10O4. The molecule has 2 aromatic heterocycles. The molecule has 0 aliphatic carbocycles. The number of rotatable bonds is 16. The van der Waals surface area contributed by atoms with Gasteiger partial charge in [0, 0.05) is 52.5 Å². The Labute approximate surface area is 263 Å². The minimum atomic E-state index is -0.185. The summed E-state index contributed by atoms with van der Waals surface area (Å²) in [4.78, 5) is 48.1. The number of nitrogens with zero attached hydrogens (tertiary/aromatic N) is 10. The topological polar surface area (TPSA) is 135 Å². The van der Waals surface area contributed by atoms with E-state index in [0.29, 0.717) is 49.3 Å². The van der Waals surface area contributed by atoms with Crippen molar-refractivity contribution in [2.45, 2.75) is 20.8 Å². The molecule has 0 unspecified atom stereocenters. The minimum absolute atomic E-state index is 0.109. The van der Waals surface area contributed by atoms with Gasteiger partial charge in [-0.3, -0.25) is 19.5 Å². The van der Waals surface area contributed by atoms with Gasteiger partial charge >= 0.3 is 0 Å². The minimum Gasteiger partial charge on any atom is -0.364 e. The average Bonchev–Trinajstić information content (AvgIpc) is 3.07. The third-order valence-electron chi connectivity index (χ3n) is 6.65. The molecule has 2 heterocycles. The second kappa shape index (κ2) is 16.3. The Morgan fingerprint density at radius 1 is 0.578 bits per heavy atom. The fourth-order valence-electron chi connectivity index (χ4n) is 4.48. The van der Waals surface area contributed by atoms with Crippen molar-refractivity contribution in [2.24, 2.45) is 0 Å². The van der Waals surface area contributed by atoms with Gasteiger partial charge in [-0.25, -0.2) is 0 Å². The Morgan fingerprint density at radius 3 is 1.38 bits per heavy atom. The molecule has 4 aromatic rings. The maximum atomic E-state index is 12.5. The number of benzene rings is 2. The van der Waals surface area contributed by atoms with Crippen molar-refractivity contribution in [3.63, 3.8) is 0 Å². The SMILES string of the molecule is CCN(COC)c1nc(-c2ccccc2)nc(N(COC)CN(COC)c2nc(-c3ccccc3)nc(N(CC)C(C)=O)n2)n1. The predicted molar refractivity (Wildman–Crippen MR) is 173 cm³/mol. The van der Waals surface area contributed by atoms with E-state index in [1.807, 2.05) is 84.3 Å². The largest absolute Gasteiger partial charge is 0.364 e. The maximum absolute atomic E-state index is 12.5. The Hall–Kier alpha value is -4.79. The highest BCUT2D eigenvalue weighted by atomic mass is 16.5. The standard InChI is InChI=1S/C31H40N10O4/c1-7-38(20-43-4)28-32-26(24-15-11-9-12-16-24)33-29(36-28)39(21-44-5)19-40(22-45-6)30-34-27(25-17-13-10-14-18-25)35-31(37-30)41(8-2)23(3)42/h9-18H,7-8,19-22H2,1-6H3. The molecule has 45 heavy (non-hydrogen) atoms. The second-order valence-electron chi connectivity index (χ2n) is 9.84. The van der Waals surface area contributed by atoms with Gasteiger partial charge in [-0.1, -0.05) is 60.7 Å². The first-order valence-corrected chi connectivity index (χ1v) is 14.5. The molecule has 0 N–H and O–H groups in total. The van der Waals surface area contributed by atoms with Crippen molar-refractivity contribution in [2.75, 3.05) is 80.9 Å². The Morgan fingerprint density at radius 2 is 0.978 bits per heavy atom. The summed E-state index contributed by atoms with van der Waals surface area (Å²) in [6.07, 6.45) is 0. The van der Waals surface area contributed by atoms with Gasteiger partial charge in [0.1, 0.15) is 26.9 Å². The molecule has 0 spiro atoms. The number of hydrogen-bond donors (Lipinski definition) is 0. The van der Waals surface area contributed by atoms with E-state index < -0.39 is 0 Å². The predicted octanol–water partition coefficient (Wildman–Crippen LogP) is 3.67. The summed E-state index contributed by atoms with van der Waals surface area (Å²) in [7, 11) is 4.80. The number of ether oxygens (including phenoxy) is 3. The van der Waals surface area contributed by atoms with E-state index in [1.54, 1.807) is 26.2 Å². The summed E-state index contributed by atoms with van der Waals surface area (Å²) in [6, 6.07) is 19.2. The van der Waals surface area contributed by atoms with Crippen molar-refractivity contribution in [3.05, 3.63) is 60.7 Å². The van der Waals surface area contributed by atoms with Crippen LogP contribution in [-0.4, -0.2) is 97.1 Å². The molecule has 238 valence electrons. The number of anilines is 4. The quantitative estimate of drug-likeness (QED) is 0.170. The van der Waals surface area contributed by atoms with Crippen molar-refractivity contribution >= 4 is 29.7 Å². The van der Waals surface area contributed by atoms with Crippen molar-refractivity contribution < 1.29 is 19.0 Å². The van der Waals surface area contributed by atoms with E-state index in [2.05, 4.69) is 4.98 Å². The van der Waals surface area contributed by atoms with Gasteiger partial charge in [-0.15, -0.1) is 0 Å². The molecular weight excluding hydrogens is 576 g/mol. The van der Waals surface area contributed by atoms with E-state index in [-0.39, 0.29) is 32.0 Å². The maximum Gasteiger partial charge on any atom is 0.237 e. The van der Waals surface area contributed by atoms with Gasteiger partial charge in [0.2, 0.25) is 29.7 Å². The van der Waals surface area contributed by atoms with E-state index in [0.717, 1.165) is 11.1 Å². The Balaban J connectivity index is 1.82. The molecule has 0 aliphatic heterocycles. The van der Waals surface area contributed by atoms with Crippen LogP contribution in [0.1, 0.15) is 20.8 Å². The lowest BCUT2D eigenvalue weighted by molar-refractivity contribution is -0.116. The number of aromatic nitrogens is 6. The first-order valence-electron chi connectivity index (χ1n) is 14.5. The number of carbonyl (C=O) groups excluding carboxylic acids is 1. The molecule has 1 amide bonds. The number of carbonyl (C=O) groups is 1. The van der Waals surface area contributed by atoms with Crippen molar-refractivity contribution in [3.8, 4) is 22.8 Å². The average molecular weight is 617 g/mol. The zero-order valence-electron chi connectivity index (χ0n) is 26.6. The monoisotopic (exact) mass is 616 g/mol. The van der Waals surface area contributed by atoms with Crippen LogP contribution in [0.2, 0.25) is 0 Å². The lowest BCUT2D eigenvalue weighted by Gasteiger charge is -2.31. The Kier molecular flexibility index (Phi) is 12.0. The summed E-state index contributed by atoms with van der Waals surface area (Å²) < 4.78 is 16.6. The molecule has 0 atom stereocenters. The van der Waals surface area contributed by atoms with Crippen LogP contribution in [0.15, 0.2) is 60.7 Å². The summed E-state index contributed by atoms with van der Waals surface area (Å²) in [5.41, 5.74) is 1.61. The molecule has 14 heteroatoms. The van der Waals surface area contributed by atoms with Crippen LogP contribution in [0, 0.1) is 0 Å². The molecule has 14 nitrogen and oxygen atoms in total. The number of amides is 1. The highest BCUT2D eigenvalue weighted by molar-refractivity contribution is 5.89. The number of hydrogen-bond acceptors (Lipinski definition) is 13. The van der Waals surface area contributed by atoms with Crippen LogP contribution in [0.3, 0.4) is 0 Å². The zero-order valence-corrected chi connectivity index (χ0v) is 26.6. The molecule has 0 aliphatic rings. The lowest BCUT2D eigenvalue weighted by Crippen LogP contribution is -2.42. The van der Waals surface area contributed by atoms with E-state index in [4.69, 9.17) is 39.1 Å². The van der Waals surface area contributed by atoms with Crippen LogP contribution in [0.4, 0.5) is 23.8 Å². The third-order valence-corrected chi connectivity index (χ3v) is 6.65. The van der Waals surface area contributed by atoms with E-state index >= 15 is 0 Å². The van der Waals surface area contributed by atoms with E-state index in [9.17, 15) is 4.79 Å². The van der Waals surface area contributed by atoms with Gasteiger partial charge in [0.15, 0.2) is 11.6 Å². The van der Waals surface area contributed by atoms with Gasteiger partial charge in [-0.2, -0.15) is 29.9 Å². The molecule has 0 saturated heterocycles. The summed E-state index contributed by atoms with van der Waals surface area (Å²) >= 11 is 0. The molecule has 2 aromatic carbocycles. The van der Waals surface area contributed by atoms with Crippen molar-refractivity contribution in [1.29, 1.82) is 0 Å². The highest BCUT2D eigenvalue weighted by Crippen LogP contribution is 2.25. The second-order valence-corrected chi connectivity index (χ2v) is 9.84. The third kappa shape index (κ3) is 8.44. The van der Waals surface area contributed by atoms with Gasteiger partial charge < -0.3 is 19.1 Å². The molecule has 0 radical (unpaired) electrons. The molecule has 4 rings (SSSR count). The fourth-order valence-corrected chi connectivity index (χ4v) is 4.48. The van der Waals surface area contributed by atoms with Crippen LogP contribution < -0.4 is 19.6 Å². The van der Waals surface area contributed by atoms with Crippen LogP contribution in [-0.2, 0) is 19.0 Å². The van der Waals surface area contributed by atoms with Crippen LogP contribution >= 0.6 is 0 Å². The van der Waals surface area contributed by atoms with Gasteiger partial charge in [0.05, 0.1) is 0 Å². The molecule has 0 fully saturated rings. The van der Waals surface area contributed by atoms with Crippen LogP contribution in [0.5, 0.6) is 0 Å². The normalized spacial score (nSPS) is 10.9. The summed E-state index contributed by atoms with van der Waals surface area (Å²) in [5, 5.41) is 0.